The highest BCUT2D eigenvalue weighted by molar-refractivity contribution is 6.00. The Labute approximate surface area is 79.1 Å². The van der Waals surface area contributed by atoms with Crippen LogP contribution in [0, 0.1) is 20.8 Å². The Morgan fingerprint density at radius 3 is 1.93 bits per heavy atom. The molecule has 0 radical (unpaired) electrons. The molecule has 2 nitrogen and oxygen atoms in total. The largest absolute Gasteiger partial charge is 0.456 e. The number of carbonyl (C=O) groups excluding carboxylic acids is 1. The maximum Gasteiger partial charge on any atom is 0.456 e. The fraction of sp³-hybridized carbons (Fsp3) is 0.444. The molecule has 0 fully saturated rings. The lowest BCUT2D eigenvalue weighted by molar-refractivity contribution is -0.0888. The number of carbonyl (C=O) groups is 1. The third kappa shape index (κ3) is 1.66. The van der Waals surface area contributed by atoms with Crippen LogP contribution in [0.25, 0.3) is 0 Å². The molecule has 1 heterocycles. The number of hydrogen-bond acceptors (Lipinski definition) is 1. The average molecular weight is 205 g/mol. The highest BCUT2D eigenvalue weighted by Gasteiger charge is 2.41. The van der Waals surface area contributed by atoms with Gasteiger partial charge in [-0.2, -0.15) is 13.2 Å². The summed E-state index contributed by atoms with van der Waals surface area (Å²) in [7, 11) is 0. The zero-order valence-electron chi connectivity index (χ0n) is 8.04. The molecule has 0 saturated carbocycles. The second kappa shape index (κ2) is 3.15. The summed E-state index contributed by atoms with van der Waals surface area (Å²) in [5.41, 5.74) is 1.30. The highest BCUT2D eigenvalue weighted by atomic mass is 19.4. The molecule has 1 rings (SSSR count). The van der Waals surface area contributed by atoms with E-state index in [0.717, 1.165) is 0 Å². The van der Waals surface area contributed by atoms with Crippen LogP contribution in [0.2, 0.25) is 0 Å². The number of nitrogens with one attached hydrogen (secondary N) is 1. The van der Waals surface area contributed by atoms with E-state index in [1.54, 1.807) is 13.8 Å². The summed E-state index contributed by atoms with van der Waals surface area (Å²) in [4.78, 5) is 13.3. The maximum absolute atomic E-state index is 12.1. The van der Waals surface area contributed by atoms with Crippen molar-refractivity contribution in [3.05, 3.63) is 22.5 Å². The van der Waals surface area contributed by atoms with Crippen LogP contribution < -0.4 is 0 Å². The molecule has 0 atom stereocenters. The first-order chi connectivity index (χ1) is 6.25. The predicted molar refractivity (Wildman–Crippen MR) is 45.4 cm³/mol. The van der Waals surface area contributed by atoms with Crippen molar-refractivity contribution in [3.63, 3.8) is 0 Å². The molecule has 0 amide bonds. The van der Waals surface area contributed by atoms with Crippen LogP contribution in [0.15, 0.2) is 0 Å². The predicted octanol–water partition coefficient (Wildman–Crippen LogP) is 2.68. The lowest BCUT2D eigenvalue weighted by atomic mass is 10.1. The van der Waals surface area contributed by atoms with Crippen molar-refractivity contribution in [2.45, 2.75) is 26.9 Å². The van der Waals surface area contributed by atoms with E-state index in [1.165, 1.54) is 6.92 Å². The molecule has 5 heteroatoms. The Morgan fingerprint density at radius 2 is 1.64 bits per heavy atom. The summed E-state index contributed by atoms with van der Waals surface area (Å²) in [5.74, 6) is -1.81. The fourth-order valence-corrected chi connectivity index (χ4v) is 1.21. The number of alkyl halides is 3. The molecule has 0 aliphatic heterocycles. The number of aromatic amines is 1. The first kappa shape index (κ1) is 10.8. The van der Waals surface area contributed by atoms with Crippen LogP contribution in [0.1, 0.15) is 27.3 Å². The van der Waals surface area contributed by atoms with Crippen molar-refractivity contribution in [1.82, 2.24) is 4.98 Å². The summed E-state index contributed by atoms with van der Waals surface area (Å²) in [6.45, 7) is 4.81. The Hall–Kier alpha value is -1.26. The lowest BCUT2D eigenvalue weighted by Gasteiger charge is -2.03. The molecular formula is C9H10F3NO. The molecule has 1 N–H and O–H groups in total. The molecule has 1 aromatic heterocycles. The molecule has 78 valence electrons. The van der Waals surface area contributed by atoms with Crippen molar-refractivity contribution in [2.24, 2.45) is 0 Å². The van der Waals surface area contributed by atoms with Gasteiger partial charge in [-0.25, -0.2) is 0 Å². The van der Waals surface area contributed by atoms with Crippen molar-refractivity contribution in [2.75, 3.05) is 0 Å². The van der Waals surface area contributed by atoms with Crippen LogP contribution >= 0.6 is 0 Å². The highest BCUT2D eigenvalue weighted by Crippen LogP contribution is 2.25. The number of aryl methyl sites for hydroxylation is 1. The maximum atomic E-state index is 12.1. The number of H-pyrrole nitrogens is 1. The van der Waals surface area contributed by atoms with E-state index in [4.69, 9.17) is 0 Å². The first-order valence-corrected chi connectivity index (χ1v) is 4.02. The van der Waals surface area contributed by atoms with Crippen LogP contribution in [-0.2, 0) is 0 Å². The summed E-state index contributed by atoms with van der Waals surface area (Å²) in [5, 5.41) is 0. The van der Waals surface area contributed by atoms with Gasteiger partial charge in [-0.05, 0) is 31.9 Å². The standard InChI is InChI=1S/C9H10F3NO/c1-4-5(2)7(13-6(4)3)8(14)9(10,11)12/h13H,1-3H3. The second-order valence-corrected chi connectivity index (χ2v) is 3.20. The first-order valence-electron chi connectivity index (χ1n) is 4.02. The normalized spacial score (nSPS) is 11.9. The van der Waals surface area contributed by atoms with Crippen molar-refractivity contribution in [1.29, 1.82) is 0 Å². The Morgan fingerprint density at radius 1 is 1.14 bits per heavy atom. The van der Waals surface area contributed by atoms with E-state index >= 15 is 0 Å². The third-order valence-corrected chi connectivity index (χ3v) is 2.30. The fourth-order valence-electron chi connectivity index (χ4n) is 1.21. The topological polar surface area (TPSA) is 32.9 Å². The van der Waals surface area contributed by atoms with E-state index in [2.05, 4.69) is 4.98 Å². The van der Waals surface area contributed by atoms with E-state index < -0.39 is 12.0 Å². The quantitative estimate of drug-likeness (QED) is 0.702. The van der Waals surface area contributed by atoms with Gasteiger partial charge in [-0.3, -0.25) is 4.79 Å². The SMILES string of the molecule is Cc1[nH]c(C(=O)C(F)(F)F)c(C)c1C. The molecule has 0 unspecified atom stereocenters. The molecule has 0 spiro atoms. The van der Waals surface area contributed by atoms with Crippen LogP contribution in [-0.4, -0.2) is 16.9 Å². The number of rotatable bonds is 1. The number of Topliss-reactive ketones (excluding diaryl/α,β-unsaturated/α-hetero) is 1. The van der Waals surface area contributed by atoms with Gasteiger partial charge in [0.25, 0.3) is 5.78 Å². The van der Waals surface area contributed by atoms with Gasteiger partial charge in [0.15, 0.2) is 0 Å². The number of aromatic nitrogens is 1. The summed E-state index contributed by atoms with van der Waals surface area (Å²) in [6.07, 6.45) is -4.81. The molecular weight excluding hydrogens is 195 g/mol. The Balaban J connectivity index is 3.22. The minimum Gasteiger partial charge on any atom is -0.356 e. The number of halogens is 3. The van der Waals surface area contributed by atoms with E-state index in [9.17, 15) is 18.0 Å². The van der Waals surface area contributed by atoms with Gasteiger partial charge >= 0.3 is 6.18 Å². The average Bonchev–Trinajstić information content (AvgIpc) is 2.30. The van der Waals surface area contributed by atoms with Crippen molar-refractivity contribution in [3.8, 4) is 0 Å². The summed E-state index contributed by atoms with van der Waals surface area (Å²) in [6, 6.07) is 0. The Bertz CT molecular complexity index is 376. The Kier molecular flexibility index (Phi) is 2.43. The molecule has 14 heavy (non-hydrogen) atoms. The van der Waals surface area contributed by atoms with Gasteiger partial charge in [0.1, 0.15) is 0 Å². The van der Waals surface area contributed by atoms with Crippen molar-refractivity contribution >= 4 is 5.78 Å². The molecule has 0 bridgehead atoms. The minimum absolute atomic E-state index is 0.354. The lowest BCUT2D eigenvalue weighted by Crippen LogP contribution is -2.23. The molecule has 0 aromatic carbocycles. The molecule has 1 aromatic rings. The number of hydrogen-bond donors (Lipinski definition) is 1. The van der Waals surface area contributed by atoms with E-state index in [0.29, 0.717) is 16.8 Å². The van der Waals surface area contributed by atoms with Gasteiger partial charge in [0.05, 0.1) is 5.69 Å². The van der Waals surface area contributed by atoms with Gasteiger partial charge < -0.3 is 4.98 Å². The summed E-state index contributed by atoms with van der Waals surface area (Å²) < 4.78 is 36.3. The van der Waals surface area contributed by atoms with E-state index in [1.807, 2.05) is 0 Å². The van der Waals surface area contributed by atoms with E-state index in [-0.39, 0.29) is 5.69 Å². The van der Waals surface area contributed by atoms with Crippen molar-refractivity contribution < 1.29 is 18.0 Å². The molecule has 0 aliphatic rings. The zero-order chi connectivity index (χ0) is 11.1. The second-order valence-electron chi connectivity index (χ2n) is 3.20. The smallest absolute Gasteiger partial charge is 0.356 e. The molecule has 0 saturated heterocycles. The monoisotopic (exact) mass is 205 g/mol. The van der Waals surface area contributed by atoms with Crippen LogP contribution in [0.3, 0.4) is 0 Å². The zero-order valence-corrected chi connectivity index (χ0v) is 8.04. The van der Waals surface area contributed by atoms with Gasteiger partial charge in [-0.1, -0.05) is 0 Å². The summed E-state index contributed by atoms with van der Waals surface area (Å²) >= 11 is 0. The third-order valence-electron chi connectivity index (χ3n) is 2.30. The van der Waals surface area contributed by atoms with Gasteiger partial charge in [0.2, 0.25) is 0 Å². The molecule has 0 aliphatic carbocycles. The minimum atomic E-state index is -4.81. The number of ketones is 1. The van der Waals surface area contributed by atoms with Crippen LogP contribution in [0.4, 0.5) is 13.2 Å². The van der Waals surface area contributed by atoms with Crippen LogP contribution in [0.5, 0.6) is 0 Å². The van der Waals surface area contributed by atoms with Gasteiger partial charge in [0, 0.05) is 5.69 Å². The van der Waals surface area contributed by atoms with Gasteiger partial charge in [-0.15, -0.1) is 0 Å².